The molecule has 1 atom stereocenters. The number of nitrogens with zero attached hydrogens (tertiary/aromatic N) is 3. The Balaban J connectivity index is 1.51. The number of hydrogen-bond donors (Lipinski definition) is 1. The smallest absolute Gasteiger partial charge is 0.323 e. The largest absolute Gasteiger partial charge is 0.381 e. The van der Waals surface area contributed by atoms with E-state index in [1.54, 1.807) is 0 Å². The van der Waals surface area contributed by atoms with Crippen molar-refractivity contribution in [1.29, 1.82) is 0 Å². The minimum Gasteiger partial charge on any atom is -0.381 e. The summed E-state index contributed by atoms with van der Waals surface area (Å²) in [5, 5.41) is 4.14. The van der Waals surface area contributed by atoms with Crippen LogP contribution in [0.3, 0.4) is 0 Å². The average Bonchev–Trinajstić information content (AvgIpc) is 3.17. The van der Waals surface area contributed by atoms with Crippen molar-refractivity contribution in [1.82, 2.24) is 14.3 Å². The van der Waals surface area contributed by atoms with Crippen molar-refractivity contribution in [2.45, 2.75) is 24.4 Å². The van der Waals surface area contributed by atoms with Gasteiger partial charge >= 0.3 is 6.03 Å². The van der Waals surface area contributed by atoms with Crippen molar-refractivity contribution in [2.24, 2.45) is 11.8 Å². The fourth-order valence-corrected chi connectivity index (χ4v) is 4.17. The lowest BCUT2D eigenvalue weighted by Crippen LogP contribution is -2.34. The highest BCUT2D eigenvalue weighted by Gasteiger charge is 2.32. The van der Waals surface area contributed by atoms with Gasteiger partial charge in [0.1, 0.15) is 0 Å². The first kappa shape index (κ1) is 15.1. The van der Waals surface area contributed by atoms with Gasteiger partial charge in [-0.15, -0.1) is 0 Å². The zero-order chi connectivity index (χ0) is 14.7. The quantitative estimate of drug-likeness (QED) is 0.864. The predicted molar refractivity (Wildman–Crippen MR) is 83.9 cm³/mol. The van der Waals surface area contributed by atoms with Crippen LogP contribution in [0, 0.1) is 11.8 Å². The summed E-state index contributed by atoms with van der Waals surface area (Å²) in [6.07, 6.45) is 5.29. The lowest BCUT2D eigenvalue weighted by molar-refractivity contribution is 0.0485. The zero-order valence-electron chi connectivity index (χ0n) is 12.1. The van der Waals surface area contributed by atoms with E-state index in [-0.39, 0.29) is 6.03 Å². The molecule has 0 aromatic carbocycles. The molecule has 1 aromatic rings. The fraction of sp³-hybridized carbons (Fsp3) is 0.769. The molecule has 3 heterocycles. The summed E-state index contributed by atoms with van der Waals surface area (Å²) in [6, 6.07) is -0.0478. The number of hydrogen-bond acceptors (Lipinski definition) is 6. The van der Waals surface area contributed by atoms with Crippen molar-refractivity contribution in [3.63, 3.8) is 0 Å². The molecule has 2 aliphatic heterocycles. The van der Waals surface area contributed by atoms with Crippen LogP contribution in [0.1, 0.15) is 19.3 Å². The highest BCUT2D eigenvalue weighted by atomic mass is 32.2. The first-order chi connectivity index (χ1) is 10.3. The van der Waals surface area contributed by atoms with E-state index >= 15 is 0 Å². The number of ether oxygens (including phenoxy) is 1. The third-order valence-corrected chi connectivity index (χ3v) is 5.54. The van der Waals surface area contributed by atoms with Gasteiger partial charge in [-0.2, -0.15) is 9.36 Å². The molecule has 1 aromatic heterocycles. The Morgan fingerprint density at radius 3 is 2.90 bits per heavy atom. The number of carbonyl (C=O) groups excluding carboxylic acids is 1. The number of anilines is 1. The summed E-state index contributed by atoms with van der Waals surface area (Å²) in [5.74, 6) is 1.33. The van der Waals surface area contributed by atoms with Gasteiger partial charge in [0, 0.05) is 37.8 Å². The first-order valence-electron chi connectivity index (χ1n) is 7.27. The van der Waals surface area contributed by atoms with Gasteiger partial charge in [0.05, 0.1) is 0 Å². The molecule has 0 unspecified atom stereocenters. The van der Waals surface area contributed by atoms with Crippen molar-refractivity contribution in [2.75, 3.05) is 37.9 Å². The second-order valence-electron chi connectivity index (χ2n) is 5.46. The van der Waals surface area contributed by atoms with Crippen molar-refractivity contribution < 1.29 is 9.53 Å². The van der Waals surface area contributed by atoms with E-state index in [1.165, 1.54) is 23.3 Å². The topological polar surface area (TPSA) is 67.4 Å². The van der Waals surface area contributed by atoms with E-state index in [0.717, 1.165) is 45.6 Å². The number of urea groups is 1. The lowest BCUT2D eigenvalue weighted by Gasteiger charge is -2.27. The molecular weight excluding hydrogens is 308 g/mol. The summed E-state index contributed by atoms with van der Waals surface area (Å²) in [4.78, 5) is 18.4. The summed E-state index contributed by atoms with van der Waals surface area (Å²) in [7, 11) is 0. The van der Waals surface area contributed by atoms with Gasteiger partial charge in [-0.1, -0.05) is 11.8 Å². The van der Waals surface area contributed by atoms with Crippen molar-refractivity contribution >= 4 is 34.5 Å². The number of nitrogens with one attached hydrogen (secondary N) is 1. The van der Waals surface area contributed by atoms with Crippen LogP contribution in [0.4, 0.5) is 9.93 Å². The van der Waals surface area contributed by atoms with Crippen molar-refractivity contribution in [3.05, 3.63) is 0 Å². The van der Waals surface area contributed by atoms with E-state index < -0.39 is 0 Å². The van der Waals surface area contributed by atoms with Crippen LogP contribution in [0.2, 0.25) is 0 Å². The van der Waals surface area contributed by atoms with Gasteiger partial charge in [0.15, 0.2) is 0 Å². The number of thioether (sulfide) groups is 1. The van der Waals surface area contributed by atoms with Gasteiger partial charge < -0.3 is 9.64 Å². The Morgan fingerprint density at radius 2 is 2.19 bits per heavy atom. The van der Waals surface area contributed by atoms with Crippen molar-refractivity contribution in [3.8, 4) is 0 Å². The molecule has 21 heavy (non-hydrogen) atoms. The van der Waals surface area contributed by atoms with Crippen LogP contribution in [0.15, 0.2) is 5.16 Å². The Morgan fingerprint density at radius 1 is 1.38 bits per heavy atom. The average molecular weight is 328 g/mol. The number of rotatable bonds is 3. The predicted octanol–water partition coefficient (Wildman–Crippen LogP) is 2.54. The normalized spacial score (nSPS) is 23.5. The summed E-state index contributed by atoms with van der Waals surface area (Å²) < 4.78 is 9.57. The molecule has 2 saturated heterocycles. The third-order valence-electron chi connectivity index (χ3n) is 4.25. The lowest BCUT2D eigenvalue weighted by atomic mass is 9.85. The molecule has 1 N–H and O–H groups in total. The highest BCUT2D eigenvalue weighted by Crippen LogP contribution is 2.31. The molecule has 2 fully saturated rings. The van der Waals surface area contributed by atoms with Crippen LogP contribution in [0.25, 0.3) is 0 Å². The van der Waals surface area contributed by atoms with E-state index in [4.69, 9.17) is 4.74 Å². The van der Waals surface area contributed by atoms with Gasteiger partial charge in [-0.25, -0.2) is 4.79 Å². The molecule has 0 radical (unpaired) electrons. The monoisotopic (exact) mass is 328 g/mol. The third kappa shape index (κ3) is 3.67. The highest BCUT2D eigenvalue weighted by molar-refractivity contribution is 7.98. The first-order valence-corrected chi connectivity index (χ1v) is 9.27. The minimum atomic E-state index is -0.0478. The Kier molecular flexibility index (Phi) is 4.97. The second kappa shape index (κ2) is 6.93. The second-order valence-corrected chi connectivity index (χ2v) is 6.99. The maximum atomic E-state index is 12.3. The van der Waals surface area contributed by atoms with Gasteiger partial charge in [-0.3, -0.25) is 5.32 Å². The maximum absolute atomic E-state index is 12.3. The fourth-order valence-electron chi connectivity index (χ4n) is 3.06. The Hall–Kier alpha value is -0.860. The Labute approximate surface area is 132 Å². The molecule has 2 aliphatic rings. The molecule has 0 aliphatic carbocycles. The van der Waals surface area contributed by atoms with E-state index in [0.29, 0.717) is 22.1 Å². The number of aromatic nitrogens is 2. The summed E-state index contributed by atoms with van der Waals surface area (Å²) >= 11 is 2.71. The SMILES string of the molecule is CSc1nsc(NC(=O)N2CC[C@H](C3CCOCC3)C2)n1. The molecule has 8 heteroatoms. The number of amides is 2. The molecule has 6 nitrogen and oxygen atoms in total. The molecule has 2 amide bonds. The molecule has 0 spiro atoms. The standard InChI is InChI=1S/C13H20N4O2S2/c1-20-12-14-11(21-16-12)15-13(18)17-5-2-10(8-17)9-3-6-19-7-4-9/h9-10H,2-8H2,1H3,(H,14,15,16,18)/t10-/m0/s1. The van der Waals surface area contributed by atoms with Gasteiger partial charge in [0.2, 0.25) is 10.3 Å². The summed E-state index contributed by atoms with van der Waals surface area (Å²) in [5.41, 5.74) is 0. The summed E-state index contributed by atoms with van der Waals surface area (Å²) in [6.45, 7) is 3.43. The zero-order valence-corrected chi connectivity index (χ0v) is 13.7. The maximum Gasteiger partial charge on any atom is 0.323 e. The molecule has 116 valence electrons. The number of carbonyl (C=O) groups is 1. The molecule has 0 bridgehead atoms. The van der Waals surface area contributed by atoms with Crippen LogP contribution in [-0.2, 0) is 4.74 Å². The Bertz CT molecular complexity index is 490. The van der Waals surface area contributed by atoms with Gasteiger partial charge in [-0.05, 0) is 37.4 Å². The minimum absolute atomic E-state index is 0.0478. The van der Waals surface area contributed by atoms with E-state index in [1.807, 2.05) is 11.2 Å². The van der Waals surface area contributed by atoms with Gasteiger partial charge in [0.25, 0.3) is 0 Å². The van der Waals surface area contributed by atoms with Crippen LogP contribution in [-0.4, -0.2) is 52.8 Å². The van der Waals surface area contributed by atoms with Crippen LogP contribution >= 0.6 is 23.3 Å². The molecule has 0 saturated carbocycles. The molecular formula is C13H20N4O2S2. The molecule has 3 rings (SSSR count). The number of likely N-dealkylation sites (tertiary alicyclic amines) is 1. The van der Waals surface area contributed by atoms with E-state index in [9.17, 15) is 4.79 Å². The van der Waals surface area contributed by atoms with Crippen LogP contribution in [0.5, 0.6) is 0 Å². The van der Waals surface area contributed by atoms with E-state index in [2.05, 4.69) is 14.7 Å². The van der Waals surface area contributed by atoms with Crippen LogP contribution < -0.4 is 5.32 Å².